The van der Waals surface area contributed by atoms with Gasteiger partial charge in [0.25, 0.3) is 10.2 Å². The first-order valence-electron chi connectivity index (χ1n) is 5.84. The highest BCUT2D eigenvalue weighted by atomic mass is 32.2. The standard InChI is InChI=1S/C10H20N2O4S/c1-8(2)7-11-17(15,16)12-6-4-3-5-9(12)10(13)14/h8-9,11H,3-7H2,1-2H3,(H,13,14)/t9-/m0/s1. The third-order valence-corrected chi connectivity index (χ3v) is 4.31. The molecule has 0 aromatic heterocycles. The van der Waals surface area contributed by atoms with Gasteiger partial charge in [-0.05, 0) is 25.2 Å². The van der Waals surface area contributed by atoms with E-state index in [-0.39, 0.29) is 12.5 Å². The Balaban J connectivity index is 2.76. The van der Waals surface area contributed by atoms with Crippen LogP contribution >= 0.6 is 0 Å². The average Bonchev–Trinajstić information content (AvgIpc) is 2.26. The lowest BCUT2D eigenvalue weighted by Crippen LogP contribution is -2.52. The van der Waals surface area contributed by atoms with Crippen molar-refractivity contribution in [3.05, 3.63) is 0 Å². The van der Waals surface area contributed by atoms with Crippen molar-refractivity contribution in [3.8, 4) is 0 Å². The minimum Gasteiger partial charge on any atom is -0.480 e. The van der Waals surface area contributed by atoms with Gasteiger partial charge in [0.2, 0.25) is 0 Å². The molecule has 1 atom stereocenters. The summed E-state index contributed by atoms with van der Waals surface area (Å²) in [4.78, 5) is 11.0. The summed E-state index contributed by atoms with van der Waals surface area (Å²) in [7, 11) is -3.67. The summed E-state index contributed by atoms with van der Waals surface area (Å²) in [5.41, 5.74) is 0. The summed E-state index contributed by atoms with van der Waals surface area (Å²) in [6.07, 6.45) is 1.86. The van der Waals surface area contributed by atoms with Crippen molar-refractivity contribution >= 4 is 16.2 Å². The van der Waals surface area contributed by atoms with Crippen LogP contribution in [-0.2, 0) is 15.0 Å². The highest BCUT2D eigenvalue weighted by molar-refractivity contribution is 7.87. The van der Waals surface area contributed by atoms with E-state index in [2.05, 4.69) is 4.72 Å². The van der Waals surface area contributed by atoms with Crippen molar-refractivity contribution in [2.45, 2.75) is 39.2 Å². The minimum atomic E-state index is -3.67. The molecule has 1 heterocycles. The Morgan fingerprint density at radius 3 is 2.65 bits per heavy atom. The van der Waals surface area contributed by atoms with Gasteiger partial charge >= 0.3 is 5.97 Å². The Morgan fingerprint density at radius 2 is 2.12 bits per heavy atom. The monoisotopic (exact) mass is 264 g/mol. The fourth-order valence-corrected chi connectivity index (χ4v) is 3.40. The summed E-state index contributed by atoms with van der Waals surface area (Å²) in [5, 5.41) is 9.02. The fraction of sp³-hybridized carbons (Fsp3) is 0.900. The fourth-order valence-electron chi connectivity index (χ4n) is 1.79. The van der Waals surface area contributed by atoms with Crippen LogP contribution in [0.2, 0.25) is 0 Å². The molecular weight excluding hydrogens is 244 g/mol. The molecule has 17 heavy (non-hydrogen) atoms. The summed E-state index contributed by atoms with van der Waals surface area (Å²) in [5.74, 6) is -0.877. The molecule has 2 N–H and O–H groups in total. The molecule has 1 aliphatic heterocycles. The van der Waals surface area contributed by atoms with E-state index in [1.54, 1.807) is 0 Å². The van der Waals surface area contributed by atoms with Gasteiger partial charge in [0.05, 0.1) is 0 Å². The topological polar surface area (TPSA) is 86.7 Å². The van der Waals surface area contributed by atoms with Crippen molar-refractivity contribution in [1.82, 2.24) is 9.03 Å². The maximum atomic E-state index is 12.0. The van der Waals surface area contributed by atoms with Crippen LogP contribution in [0.1, 0.15) is 33.1 Å². The van der Waals surface area contributed by atoms with Crippen LogP contribution in [0.4, 0.5) is 0 Å². The molecule has 6 nitrogen and oxygen atoms in total. The average molecular weight is 264 g/mol. The normalized spacial score (nSPS) is 22.9. The van der Waals surface area contributed by atoms with Gasteiger partial charge < -0.3 is 5.11 Å². The smallest absolute Gasteiger partial charge is 0.322 e. The quantitative estimate of drug-likeness (QED) is 0.753. The van der Waals surface area contributed by atoms with Gasteiger partial charge in [-0.25, -0.2) is 4.72 Å². The first-order chi connectivity index (χ1) is 7.84. The SMILES string of the molecule is CC(C)CNS(=O)(=O)N1CCCC[C@H]1C(=O)O. The Morgan fingerprint density at radius 1 is 1.47 bits per heavy atom. The molecule has 0 amide bonds. The number of hydrogen-bond acceptors (Lipinski definition) is 3. The lowest BCUT2D eigenvalue weighted by molar-refractivity contribution is -0.142. The molecule has 1 fully saturated rings. The molecule has 7 heteroatoms. The highest BCUT2D eigenvalue weighted by Gasteiger charge is 2.36. The molecule has 100 valence electrons. The van der Waals surface area contributed by atoms with E-state index in [9.17, 15) is 13.2 Å². The number of aliphatic carboxylic acids is 1. The maximum absolute atomic E-state index is 12.0. The zero-order valence-corrected chi connectivity index (χ0v) is 11.0. The van der Waals surface area contributed by atoms with Crippen LogP contribution in [0.15, 0.2) is 0 Å². The Labute approximate surface area is 102 Å². The van der Waals surface area contributed by atoms with Gasteiger partial charge in [-0.1, -0.05) is 13.8 Å². The summed E-state index contributed by atoms with van der Waals surface area (Å²) in [6.45, 7) is 4.40. The first-order valence-corrected chi connectivity index (χ1v) is 7.28. The number of nitrogens with one attached hydrogen (secondary N) is 1. The number of rotatable bonds is 5. The number of piperidine rings is 1. The second kappa shape index (κ2) is 5.79. The van der Waals surface area contributed by atoms with E-state index in [1.165, 1.54) is 0 Å². The summed E-state index contributed by atoms with van der Waals surface area (Å²) in [6, 6.07) is -0.923. The van der Waals surface area contributed by atoms with Gasteiger partial charge in [-0.3, -0.25) is 4.79 Å². The van der Waals surface area contributed by atoms with Crippen LogP contribution in [0.5, 0.6) is 0 Å². The van der Waals surface area contributed by atoms with Crippen LogP contribution in [0.3, 0.4) is 0 Å². The van der Waals surface area contributed by atoms with Crippen LogP contribution in [0.25, 0.3) is 0 Å². The van der Waals surface area contributed by atoms with Crippen molar-refractivity contribution in [2.24, 2.45) is 5.92 Å². The van der Waals surface area contributed by atoms with E-state index < -0.39 is 22.2 Å². The van der Waals surface area contributed by atoms with E-state index in [4.69, 9.17) is 5.11 Å². The van der Waals surface area contributed by atoms with Gasteiger partial charge in [0.15, 0.2) is 0 Å². The van der Waals surface area contributed by atoms with E-state index in [0.717, 1.165) is 10.7 Å². The first kappa shape index (κ1) is 14.4. The highest BCUT2D eigenvalue weighted by Crippen LogP contribution is 2.19. The number of hydrogen-bond donors (Lipinski definition) is 2. The molecule has 0 aliphatic carbocycles. The molecule has 0 bridgehead atoms. The number of carbonyl (C=O) groups is 1. The molecule has 1 rings (SSSR count). The minimum absolute atomic E-state index is 0.192. The third kappa shape index (κ3) is 3.93. The molecule has 0 unspecified atom stereocenters. The lowest BCUT2D eigenvalue weighted by atomic mass is 10.1. The van der Waals surface area contributed by atoms with Crippen molar-refractivity contribution in [1.29, 1.82) is 0 Å². The van der Waals surface area contributed by atoms with E-state index in [0.29, 0.717) is 19.4 Å². The van der Waals surface area contributed by atoms with Crippen molar-refractivity contribution < 1.29 is 18.3 Å². The van der Waals surface area contributed by atoms with Gasteiger partial charge in [0.1, 0.15) is 6.04 Å². The second-order valence-electron chi connectivity index (χ2n) is 4.71. The molecule has 0 aromatic carbocycles. The van der Waals surface area contributed by atoms with Crippen molar-refractivity contribution in [3.63, 3.8) is 0 Å². The summed E-state index contributed by atoms with van der Waals surface area (Å²) < 4.78 is 27.4. The number of carboxylic acid groups (broad SMARTS) is 1. The van der Waals surface area contributed by atoms with Gasteiger partial charge in [0, 0.05) is 13.1 Å². The predicted octanol–water partition coefficient (Wildman–Crippen LogP) is 0.416. The largest absolute Gasteiger partial charge is 0.480 e. The van der Waals surface area contributed by atoms with Crippen LogP contribution in [-0.4, -0.2) is 42.9 Å². The molecule has 1 aliphatic rings. The number of carboxylic acids is 1. The molecule has 1 saturated heterocycles. The van der Waals surface area contributed by atoms with Crippen LogP contribution < -0.4 is 4.72 Å². The maximum Gasteiger partial charge on any atom is 0.322 e. The predicted molar refractivity (Wildman–Crippen MR) is 63.7 cm³/mol. The van der Waals surface area contributed by atoms with Crippen LogP contribution in [0, 0.1) is 5.92 Å². The molecule has 0 saturated carbocycles. The Kier molecular flexibility index (Phi) is 4.91. The molecule has 0 radical (unpaired) electrons. The van der Waals surface area contributed by atoms with Crippen molar-refractivity contribution in [2.75, 3.05) is 13.1 Å². The van der Waals surface area contributed by atoms with Gasteiger partial charge in [-0.2, -0.15) is 12.7 Å². The zero-order chi connectivity index (χ0) is 13.1. The summed E-state index contributed by atoms with van der Waals surface area (Å²) >= 11 is 0. The Bertz CT molecular complexity index is 367. The third-order valence-electron chi connectivity index (χ3n) is 2.72. The Hall–Kier alpha value is -0.660. The molecule has 0 spiro atoms. The molecular formula is C10H20N2O4S. The van der Waals surface area contributed by atoms with E-state index in [1.807, 2.05) is 13.8 Å². The number of nitrogens with zero attached hydrogens (tertiary/aromatic N) is 1. The van der Waals surface area contributed by atoms with E-state index >= 15 is 0 Å². The van der Waals surface area contributed by atoms with Gasteiger partial charge in [-0.15, -0.1) is 0 Å². The second-order valence-corrected chi connectivity index (χ2v) is 6.42. The lowest BCUT2D eigenvalue weighted by Gasteiger charge is -2.31. The zero-order valence-electron chi connectivity index (χ0n) is 10.2. The molecule has 0 aromatic rings.